The van der Waals surface area contributed by atoms with Crippen molar-refractivity contribution in [3.8, 4) is 16.3 Å². The lowest BCUT2D eigenvalue weighted by Gasteiger charge is -2.33. The Labute approximate surface area is 189 Å². The third-order valence-corrected chi connectivity index (χ3v) is 6.95. The predicted octanol–water partition coefficient (Wildman–Crippen LogP) is 4.63. The van der Waals surface area contributed by atoms with Crippen molar-refractivity contribution in [2.24, 2.45) is 5.92 Å². The van der Waals surface area contributed by atoms with Crippen LogP contribution in [0.15, 0.2) is 24.3 Å². The molecule has 6 nitrogen and oxygen atoms in total. The van der Waals surface area contributed by atoms with Crippen molar-refractivity contribution in [1.29, 1.82) is 0 Å². The average molecular weight is 444 g/mol. The molecule has 2 heterocycles. The Morgan fingerprint density at radius 2 is 1.87 bits per heavy atom. The van der Waals surface area contributed by atoms with Crippen LogP contribution in [0.25, 0.3) is 10.6 Å². The van der Waals surface area contributed by atoms with Crippen LogP contribution in [0.1, 0.15) is 54.9 Å². The van der Waals surface area contributed by atoms with Crippen LogP contribution in [0.3, 0.4) is 0 Å². The third kappa shape index (κ3) is 5.64. The van der Waals surface area contributed by atoms with Crippen LogP contribution in [0.5, 0.6) is 5.75 Å². The number of nitrogens with zero attached hydrogens (tertiary/aromatic N) is 3. The minimum absolute atomic E-state index is 0.0212. The van der Waals surface area contributed by atoms with Gasteiger partial charge in [0.05, 0.1) is 12.3 Å². The fourth-order valence-corrected chi connectivity index (χ4v) is 4.91. The normalized spacial score (nSPS) is 14.5. The van der Waals surface area contributed by atoms with Gasteiger partial charge in [-0.05, 0) is 57.4 Å². The second-order valence-corrected chi connectivity index (χ2v) is 9.07. The number of rotatable bonds is 8. The number of hydrogen-bond donors (Lipinski definition) is 0. The zero-order chi connectivity index (χ0) is 22.4. The number of aromatic nitrogens is 1. The first-order valence-electron chi connectivity index (χ1n) is 11.2. The van der Waals surface area contributed by atoms with Crippen LogP contribution < -0.4 is 4.74 Å². The highest BCUT2D eigenvalue weighted by Crippen LogP contribution is 2.31. The lowest BCUT2D eigenvalue weighted by atomic mass is 9.95. The number of amides is 2. The van der Waals surface area contributed by atoms with Crippen molar-refractivity contribution >= 4 is 23.2 Å². The smallest absolute Gasteiger partial charge is 0.265 e. The number of aryl methyl sites for hydroxylation is 1. The Balaban J connectivity index is 1.62. The fraction of sp³-hybridized carbons (Fsp3) is 0.542. The number of unbranched alkanes of at least 4 members (excludes halogenated alkanes) is 1. The van der Waals surface area contributed by atoms with Crippen molar-refractivity contribution < 1.29 is 14.3 Å². The summed E-state index contributed by atoms with van der Waals surface area (Å²) in [6.07, 6.45) is 3.56. The second-order valence-electron chi connectivity index (χ2n) is 8.07. The molecule has 0 bridgehead atoms. The number of benzene rings is 1. The van der Waals surface area contributed by atoms with Gasteiger partial charge >= 0.3 is 0 Å². The summed E-state index contributed by atoms with van der Waals surface area (Å²) in [5.41, 5.74) is 1.74. The van der Waals surface area contributed by atoms with Gasteiger partial charge in [-0.15, -0.1) is 11.3 Å². The molecule has 0 N–H and O–H groups in total. The van der Waals surface area contributed by atoms with E-state index in [4.69, 9.17) is 4.74 Å². The molecule has 1 saturated heterocycles. The summed E-state index contributed by atoms with van der Waals surface area (Å²) >= 11 is 1.44. The number of hydrogen-bond acceptors (Lipinski definition) is 5. The summed E-state index contributed by atoms with van der Waals surface area (Å²) in [5, 5.41) is 0.839. The highest BCUT2D eigenvalue weighted by molar-refractivity contribution is 7.17. The van der Waals surface area contributed by atoms with Crippen LogP contribution in [-0.4, -0.2) is 59.9 Å². The lowest BCUT2D eigenvalue weighted by Crippen LogP contribution is -2.43. The van der Waals surface area contributed by atoms with Gasteiger partial charge in [0.2, 0.25) is 5.91 Å². The topological polar surface area (TPSA) is 62.7 Å². The Morgan fingerprint density at radius 1 is 1.19 bits per heavy atom. The van der Waals surface area contributed by atoms with Gasteiger partial charge in [-0.3, -0.25) is 9.59 Å². The minimum Gasteiger partial charge on any atom is -0.494 e. The van der Waals surface area contributed by atoms with Crippen molar-refractivity contribution in [1.82, 2.24) is 14.8 Å². The van der Waals surface area contributed by atoms with E-state index in [1.807, 2.05) is 55.0 Å². The molecule has 2 aromatic rings. The molecule has 1 aliphatic heterocycles. The minimum atomic E-state index is 0.0212. The number of ether oxygens (including phenoxy) is 1. The molecule has 0 atom stereocenters. The maximum atomic E-state index is 13.1. The molecule has 1 aliphatic rings. The van der Waals surface area contributed by atoms with Gasteiger partial charge in [-0.1, -0.05) is 13.3 Å². The maximum absolute atomic E-state index is 13.1. The van der Waals surface area contributed by atoms with Crippen molar-refractivity contribution in [3.63, 3.8) is 0 Å². The average Bonchev–Trinajstić information content (AvgIpc) is 3.18. The zero-order valence-electron chi connectivity index (χ0n) is 19.0. The van der Waals surface area contributed by atoms with Gasteiger partial charge in [0.1, 0.15) is 15.6 Å². The van der Waals surface area contributed by atoms with E-state index in [1.54, 1.807) is 0 Å². The summed E-state index contributed by atoms with van der Waals surface area (Å²) in [4.78, 5) is 34.8. The van der Waals surface area contributed by atoms with Gasteiger partial charge in [-0.25, -0.2) is 4.98 Å². The largest absolute Gasteiger partial charge is 0.494 e. The van der Waals surface area contributed by atoms with Gasteiger partial charge < -0.3 is 14.5 Å². The number of piperidine rings is 1. The van der Waals surface area contributed by atoms with Gasteiger partial charge in [0.25, 0.3) is 5.91 Å². The highest BCUT2D eigenvalue weighted by atomic mass is 32.1. The summed E-state index contributed by atoms with van der Waals surface area (Å²) in [7, 11) is 1.89. The van der Waals surface area contributed by atoms with Gasteiger partial charge in [0, 0.05) is 38.2 Å². The molecule has 168 valence electrons. The van der Waals surface area contributed by atoms with Crippen molar-refractivity contribution in [2.75, 3.05) is 33.3 Å². The standard InChI is InChI=1S/C24H33N3O3S/c1-5-7-14-26(4)23(28)19-12-15-27(16-13-19)24(29)21-17(3)25-22(31-21)18-8-10-20(11-9-18)30-6-2/h8-11,19H,5-7,12-16H2,1-4H3. The molecule has 1 fully saturated rings. The Morgan fingerprint density at radius 3 is 2.48 bits per heavy atom. The molecular formula is C24H33N3O3S. The maximum Gasteiger partial charge on any atom is 0.265 e. The molecule has 1 aromatic heterocycles. The molecule has 31 heavy (non-hydrogen) atoms. The number of likely N-dealkylation sites (tertiary alicyclic amines) is 1. The SMILES string of the molecule is CCCCN(C)C(=O)C1CCN(C(=O)c2sc(-c3ccc(OCC)cc3)nc2C)CC1. The fourth-order valence-electron chi connectivity index (χ4n) is 3.87. The van der Waals surface area contributed by atoms with Crippen LogP contribution in [0.4, 0.5) is 0 Å². The quantitative estimate of drug-likeness (QED) is 0.597. The lowest BCUT2D eigenvalue weighted by molar-refractivity contribution is -0.135. The molecule has 0 saturated carbocycles. The first kappa shape index (κ1) is 23.3. The molecule has 2 amide bonds. The van der Waals surface area contributed by atoms with E-state index in [-0.39, 0.29) is 17.7 Å². The third-order valence-electron chi connectivity index (χ3n) is 5.76. The van der Waals surface area contributed by atoms with Crippen LogP contribution in [0, 0.1) is 12.8 Å². The zero-order valence-corrected chi connectivity index (χ0v) is 19.8. The number of carbonyl (C=O) groups excluding carboxylic acids is 2. The molecule has 0 radical (unpaired) electrons. The predicted molar refractivity (Wildman–Crippen MR) is 125 cm³/mol. The summed E-state index contributed by atoms with van der Waals surface area (Å²) in [6.45, 7) is 8.65. The molecule has 0 unspecified atom stereocenters. The molecule has 0 spiro atoms. The molecule has 1 aromatic carbocycles. The summed E-state index contributed by atoms with van der Waals surface area (Å²) in [5.74, 6) is 1.09. The van der Waals surface area contributed by atoms with Gasteiger partial charge in [-0.2, -0.15) is 0 Å². The van der Waals surface area contributed by atoms with Gasteiger partial charge in [0.15, 0.2) is 0 Å². The molecular weight excluding hydrogens is 410 g/mol. The van der Waals surface area contributed by atoms with Crippen molar-refractivity contribution in [2.45, 2.75) is 46.5 Å². The van der Waals surface area contributed by atoms with E-state index in [9.17, 15) is 9.59 Å². The van der Waals surface area contributed by atoms with E-state index in [0.717, 1.165) is 54.2 Å². The summed E-state index contributed by atoms with van der Waals surface area (Å²) < 4.78 is 5.50. The number of thiazole rings is 1. The van der Waals surface area contributed by atoms with Crippen LogP contribution >= 0.6 is 11.3 Å². The molecule has 7 heteroatoms. The first-order valence-corrected chi connectivity index (χ1v) is 12.0. The highest BCUT2D eigenvalue weighted by Gasteiger charge is 2.30. The van der Waals surface area contributed by atoms with E-state index in [0.29, 0.717) is 24.6 Å². The first-order chi connectivity index (χ1) is 14.9. The Bertz CT molecular complexity index is 886. The van der Waals surface area contributed by atoms with Crippen LogP contribution in [0.2, 0.25) is 0 Å². The monoisotopic (exact) mass is 443 g/mol. The van der Waals surface area contributed by atoms with E-state index in [2.05, 4.69) is 11.9 Å². The second kappa shape index (κ2) is 10.8. The van der Waals surface area contributed by atoms with E-state index in [1.165, 1.54) is 11.3 Å². The number of carbonyl (C=O) groups is 2. The van der Waals surface area contributed by atoms with E-state index < -0.39 is 0 Å². The Kier molecular flexibility index (Phi) is 8.07. The van der Waals surface area contributed by atoms with Crippen molar-refractivity contribution in [3.05, 3.63) is 34.8 Å². The molecule has 0 aliphatic carbocycles. The van der Waals surface area contributed by atoms with E-state index >= 15 is 0 Å². The Hall–Kier alpha value is -2.41. The molecule has 3 rings (SSSR count). The van der Waals surface area contributed by atoms with Crippen LogP contribution in [-0.2, 0) is 4.79 Å². The summed E-state index contributed by atoms with van der Waals surface area (Å²) in [6, 6.07) is 7.81.